The first-order valence-electron chi connectivity index (χ1n) is 8.73. The van der Waals surface area contributed by atoms with E-state index in [1.807, 2.05) is 68.1 Å². The maximum atomic E-state index is 12.0. The van der Waals surface area contributed by atoms with E-state index >= 15 is 0 Å². The molecule has 0 spiro atoms. The van der Waals surface area contributed by atoms with Gasteiger partial charge in [-0.2, -0.15) is 0 Å². The van der Waals surface area contributed by atoms with Crippen LogP contribution < -0.4 is 0 Å². The number of benzene rings is 1. The summed E-state index contributed by atoms with van der Waals surface area (Å²) in [7, 11) is 0. The second-order valence-electron chi connectivity index (χ2n) is 7.21. The third-order valence-corrected chi connectivity index (χ3v) is 3.89. The van der Waals surface area contributed by atoms with Gasteiger partial charge >= 0.3 is 6.09 Å². The number of carbonyl (C=O) groups is 1. The van der Waals surface area contributed by atoms with E-state index in [9.17, 15) is 4.79 Å². The number of aromatic nitrogens is 3. The summed E-state index contributed by atoms with van der Waals surface area (Å²) >= 11 is 0. The molecule has 6 nitrogen and oxygen atoms in total. The Balaban J connectivity index is 1.58. The SMILES string of the molecule is CC(C)(C)OC(=O)N1C=C/C(=C/Cn2cc(-c3ccccc3)nn2)CC1. The van der Waals surface area contributed by atoms with Crippen LogP contribution in [0.1, 0.15) is 27.2 Å². The summed E-state index contributed by atoms with van der Waals surface area (Å²) in [6, 6.07) is 9.98. The van der Waals surface area contributed by atoms with Crippen LogP contribution in [0, 0.1) is 0 Å². The molecule has 1 aliphatic rings. The Morgan fingerprint density at radius 1 is 1.27 bits per heavy atom. The molecule has 6 heteroatoms. The zero-order valence-corrected chi connectivity index (χ0v) is 15.4. The third-order valence-electron chi connectivity index (χ3n) is 3.89. The summed E-state index contributed by atoms with van der Waals surface area (Å²) in [6.07, 6.45) is 8.24. The van der Waals surface area contributed by atoms with Crippen molar-refractivity contribution in [2.75, 3.05) is 6.54 Å². The molecule has 0 aliphatic carbocycles. The highest BCUT2D eigenvalue weighted by Gasteiger charge is 2.22. The smallest absolute Gasteiger partial charge is 0.414 e. The van der Waals surface area contributed by atoms with E-state index in [2.05, 4.69) is 16.4 Å². The lowest BCUT2D eigenvalue weighted by Crippen LogP contribution is -2.35. The molecule has 0 atom stereocenters. The highest BCUT2D eigenvalue weighted by Crippen LogP contribution is 2.18. The van der Waals surface area contributed by atoms with E-state index < -0.39 is 5.60 Å². The molecule has 2 aromatic rings. The molecule has 136 valence electrons. The van der Waals surface area contributed by atoms with Crippen molar-refractivity contribution in [1.82, 2.24) is 19.9 Å². The van der Waals surface area contributed by atoms with Gasteiger partial charge in [-0.25, -0.2) is 9.48 Å². The van der Waals surface area contributed by atoms with Gasteiger partial charge in [-0.05, 0) is 38.8 Å². The van der Waals surface area contributed by atoms with Crippen LogP contribution in [-0.2, 0) is 11.3 Å². The van der Waals surface area contributed by atoms with Crippen molar-refractivity contribution in [2.24, 2.45) is 0 Å². The van der Waals surface area contributed by atoms with Gasteiger partial charge in [-0.1, -0.05) is 41.6 Å². The fraction of sp³-hybridized carbons (Fsp3) is 0.350. The normalized spacial score (nSPS) is 16.1. The molecule has 0 unspecified atom stereocenters. The van der Waals surface area contributed by atoms with Gasteiger partial charge in [0.25, 0.3) is 0 Å². The minimum Gasteiger partial charge on any atom is -0.443 e. The monoisotopic (exact) mass is 352 g/mol. The Morgan fingerprint density at radius 2 is 2.04 bits per heavy atom. The highest BCUT2D eigenvalue weighted by atomic mass is 16.6. The van der Waals surface area contributed by atoms with E-state index in [1.54, 1.807) is 11.1 Å². The number of carbonyl (C=O) groups excluding carboxylic acids is 1. The zero-order chi connectivity index (χ0) is 18.6. The van der Waals surface area contributed by atoms with Crippen LogP contribution in [-0.4, -0.2) is 38.1 Å². The molecule has 1 aliphatic heterocycles. The Labute approximate surface area is 153 Å². The zero-order valence-electron chi connectivity index (χ0n) is 15.4. The molecule has 1 aromatic heterocycles. The van der Waals surface area contributed by atoms with Gasteiger partial charge in [0.1, 0.15) is 11.3 Å². The van der Waals surface area contributed by atoms with Crippen LogP contribution in [0.25, 0.3) is 11.3 Å². The fourth-order valence-electron chi connectivity index (χ4n) is 2.58. The van der Waals surface area contributed by atoms with Crippen LogP contribution in [0.5, 0.6) is 0 Å². The van der Waals surface area contributed by atoms with E-state index in [4.69, 9.17) is 4.74 Å². The largest absolute Gasteiger partial charge is 0.443 e. The lowest BCUT2D eigenvalue weighted by Gasteiger charge is -2.27. The van der Waals surface area contributed by atoms with Crippen molar-refractivity contribution in [3.8, 4) is 11.3 Å². The molecule has 0 saturated heterocycles. The van der Waals surface area contributed by atoms with Gasteiger partial charge in [-0.15, -0.1) is 5.10 Å². The summed E-state index contributed by atoms with van der Waals surface area (Å²) in [5.41, 5.74) is 2.60. The first kappa shape index (κ1) is 17.9. The van der Waals surface area contributed by atoms with Crippen LogP contribution in [0.15, 0.2) is 60.5 Å². The van der Waals surface area contributed by atoms with Crippen molar-refractivity contribution in [2.45, 2.75) is 39.3 Å². The molecule has 0 bridgehead atoms. The first-order chi connectivity index (χ1) is 12.4. The van der Waals surface area contributed by atoms with Crippen LogP contribution in [0.2, 0.25) is 0 Å². The summed E-state index contributed by atoms with van der Waals surface area (Å²) in [5, 5.41) is 8.39. The van der Waals surface area contributed by atoms with Crippen molar-refractivity contribution in [1.29, 1.82) is 0 Å². The van der Waals surface area contributed by atoms with Gasteiger partial charge < -0.3 is 4.74 Å². The Bertz CT molecular complexity index is 816. The summed E-state index contributed by atoms with van der Waals surface area (Å²) < 4.78 is 7.19. The summed E-state index contributed by atoms with van der Waals surface area (Å²) in [4.78, 5) is 13.7. The van der Waals surface area contributed by atoms with Gasteiger partial charge in [-0.3, -0.25) is 4.90 Å². The predicted molar refractivity (Wildman–Crippen MR) is 100 cm³/mol. The maximum Gasteiger partial charge on any atom is 0.414 e. The molecule has 0 saturated carbocycles. The lowest BCUT2D eigenvalue weighted by molar-refractivity contribution is 0.0333. The molecule has 0 fully saturated rings. The number of ether oxygens (including phenoxy) is 1. The fourth-order valence-corrected chi connectivity index (χ4v) is 2.58. The van der Waals surface area contributed by atoms with Gasteiger partial charge in [0.05, 0.1) is 12.7 Å². The van der Waals surface area contributed by atoms with E-state index in [1.165, 1.54) is 5.57 Å². The number of hydrogen-bond acceptors (Lipinski definition) is 4. The van der Waals surface area contributed by atoms with Crippen LogP contribution in [0.3, 0.4) is 0 Å². The maximum absolute atomic E-state index is 12.0. The standard InChI is InChI=1S/C20H24N4O2/c1-20(2,3)26-19(25)23-12-9-16(10-13-23)11-14-24-15-18(21-22-24)17-7-5-4-6-8-17/h4-9,11-12,15H,10,13-14H2,1-3H3/b16-11-. The summed E-state index contributed by atoms with van der Waals surface area (Å²) in [5.74, 6) is 0. The molecule has 1 amide bonds. The molecular weight excluding hydrogens is 328 g/mol. The molecule has 26 heavy (non-hydrogen) atoms. The van der Waals surface area contributed by atoms with Gasteiger partial charge in [0.2, 0.25) is 0 Å². The van der Waals surface area contributed by atoms with E-state index in [0.29, 0.717) is 13.1 Å². The molecular formula is C20H24N4O2. The number of rotatable bonds is 3. The average Bonchev–Trinajstić information content (AvgIpc) is 3.09. The molecule has 2 heterocycles. The number of allylic oxidation sites excluding steroid dienone is 2. The number of nitrogens with zero attached hydrogens (tertiary/aromatic N) is 4. The van der Waals surface area contributed by atoms with E-state index in [-0.39, 0.29) is 6.09 Å². The third kappa shape index (κ3) is 4.81. The van der Waals surface area contributed by atoms with Gasteiger partial charge in [0.15, 0.2) is 0 Å². The minimum atomic E-state index is -0.482. The minimum absolute atomic E-state index is 0.309. The Morgan fingerprint density at radius 3 is 2.69 bits per heavy atom. The predicted octanol–water partition coefficient (Wildman–Crippen LogP) is 4.03. The van der Waals surface area contributed by atoms with Crippen molar-refractivity contribution >= 4 is 6.09 Å². The topological polar surface area (TPSA) is 60.2 Å². The Kier molecular flexibility index (Phi) is 5.21. The quantitative estimate of drug-likeness (QED) is 0.837. The van der Waals surface area contributed by atoms with Crippen molar-refractivity contribution < 1.29 is 9.53 Å². The molecule has 3 rings (SSSR count). The molecule has 1 aromatic carbocycles. The van der Waals surface area contributed by atoms with Crippen LogP contribution >= 0.6 is 0 Å². The van der Waals surface area contributed by atoms with E-state index in [0.717, 1.165) is 17.7 Å². The highest BCUT2D eigenvalue weighted by molar-refractivity contribution is 5.70. The second kappa shape index (κ2) is 7.56. The second-order valence-corrected chi connectivity index (χ2v) is 7.21. The van der Waals surface area contributed by atoms with Crippen molar-refractivity contribution in [3.63, 3.8) is 0 Å². The Hall–Kier alpha value is -2.89. The average molecular weight is 352 g/mol. The van der Waals surface area contributed by atoms with Crippen LogP contribution in [0.4, 0.5) is 4.79 Å². The number of amides is 1. The van der Waals surface area contributed by atoms with Crippen molar-refractivity contribution in [3.05, 3.63) is 60.5 Å². The molecule has 0 N–H and O–H groups in total. The summed E-state index contributed by atoms with van der Waals surface area (Å²) in [6.45, 7) is 6.86. The van der Waals surface area contributed by atoms with Gasteiger partial charge in [0, 0.05) is 18.3 Å². The molecule has 0 radical (unpaired) electrons. The number of hydrogen-bond donors (Lipinski definition) is 0. The first-order valence-corrected chi connectivity index (χ1v) is 8.73. The lowest BCUT2D eigenvalue weighted by atomic mass is 10.1.